The topological polar surface area (TPSA) is 55.6 Å². The van der Waals surface area contributed by atoms with E-state index in [-0.39, 0.29) is 6.04 Å². The van der Waals surface area contributed by atoms with Crippen LogP contribution in [0.5, 0.6) is 0 Å². The summed E-state index contributed by atoms with van der Waals surface area (Å²) in [6.45, 7) is 9.66. The molecule has 0 bridgehead atoms. The maximum absolute atomic E-state index is 4.16. The number of aromatic nitrogens is 4. The number of nitrogens with zero attached hydrogens (tertiary/aromatic N) is 4. The molecule has 1 N–H and O–H groups in total. The van der Waals surface area contributed by atoms with Gasteiger partial charge in [-0.1, -0.05) is 13.8 Å². The predicted octanol–water partition coefficient (Wildman–Crippen LogP) is 2.29. The zero-order chi connectivity index (χ0) is 13.5. The first-order chi connectivity index (χ1) is 8.56. The summed E-state index contributed by atoms with van der Waals surface area (Å²) in [5, 5.41) is 15.6. The van der Waals surface area contributed by atoms with Crippen molar-refractivity contribution >= 4 is 11.8 Å². The van der Waals surface area contributed by atoms with E-state index in [4.69, 9.17) is 0 Å². The average molecular weight is 271 g/mol. The molecule has 1 rings (SSSR count). The Balaban J connectivity index is 2.63. The van der Waals surface area contributed by atoms with Crippen molar-refractivity contribution in [3.05, 3.63) is 5.82 Å². The molecule has 6 heteroatoms. The van der Waals surface area contributed by atoms with Crippen molar-refractivity contribution in [2.75, 3.05) is 18.6 Å². The lowest BCUT2D eigenvalue weighted by Gasteiger charge is -2.18. The molecule has 1 aromatic heterocycles. The highest BCUT2D eigenvalue weighted by atomic mass is 32.2. The van der Waals surface area contributed by atoms with Crippen LogP contribution in [0.25, 0.3) is 0 Å². The van der Waals surface area contributed by atoms with Crippen molar-refractivity contribution in [1.29, 1.82) is 0 Å². The minimum atomic E-state index is 0.194. The number of hydrogen-bond acceptors (Lipinski definition) is 5. The third-order valence-electron chi connectivity index (χ3n) is 2.90. The van der Waals surface area contributed by atoms with Gasteiger partial charge in [-0.2, -0.15) is 11.8 Å². The number of hydrogen-bond donors (Lipinski definition) is 1. The third-order valence-corrected chi connectivity index (χ3v) is 3.54. The van der Waals surface area contributed by atoms with Gasteiger partial charge in [0.1, 0.15) is 0 Å². The quantitative estimate of drug-likeness (QED) is 0.786. The summed E-state index contributed by atoms with van der Waals surface area (Å²) in [6, 6.07) is 0.546. The fraction of sp³-hybridized carbons (Fsp3) is 0.917. The van der Waals surface area contributed by atoms with E-state index in [2.05, 4.69) is 54.8 Å². The van der Waals surface area contributed by atoms with Crippen LogP contribution in [0.4, 0.5) is 0 Å². The van der Waals surface area contributed by atoms with Gasteiger partial charge in [0, 0.05) is 0 Å². The molecule has 0 aromatic carbocycles. The summed E-state index contributed by atoms with van der Waals surface area (Å²) in [5.41, 5.74) is 0. The fourth-order valence-corrected chi connectivity index (χ4v) is 2.29. The minimum absolute atomic E-state index is 0.194. The standard InChI is InChI=1S/C12H25N5S/c1-9(2)8-13-11(4)12-14-15-16-17(12)10(3)6-7-18-5/h9-11,13H,6-8H2,1-5H3. The van der Waals surface area contributed by atoms with Gasteiger partial charge in [0.2, 0.25) is 0 Å². The highest BCUT2D eigenvalue weighted by Crippen LogP contribution is 2.17. The zero-order valence-electron chi connectivity index (χ0n) is 12.1. The van der Waals surface area contributed by atoms with Crippen molar-refractivity contribution in [3.8, 4) is 0 Å². The van der Waals surface area contributed by atoms with Crippen LogP contribution in [0.15, 0.2) is 0 Å². The van der Waals surface area contributed by atoms with Crippen LogP contribution in [0.2, 0.25) is 0 Å². The first kappa shape index (κ1) is 15.4. The Labute approximate surface area is 114 Å². The first-order valence-corrected chi connectivity index (χ1v) is 7.95. The summed E-state index contributed by atoms with van der Waals surface area (Å²) in [5.74, 6) is 2.70. The molecule has 0 fully saturated rings. The van der Waals surface area contributed by atoms with Crippen LogP contribution in [0.3, 0.4) is 0 Å². The highest BCUT2D eigenvalue weighted by Gasteiger charge is 2.17. The van der Waals surface area contributed by atoms with Crippen molar-refractivity contribution in [1.82, 2.24) is 25.5 Å². The molecule has 0 amide bonds. The Hall–Kier alpha value is -0.620. The second kappa shape index (κ2) is 7.74. The number of nitrogens with one attached hydrogen (secondary N) is 1. The van der Waals surface area contributed by atoms with E-state index < -0.39 is 0 Å². The molecule has 2 atom stereocenters. The molecule has 5 nitrogen and oxygen atoms in total. The van der Waals surface area contributed by atoms with Gasteiger partial charge in [-0.15, -0.1) is 5.10 Å². The molecule has 0 radical (unpaired) electrons. The van der Waals surface area contributed by atoms with E-state index in [0.717, 1.165) is 24.5 Å². The normalized spacial score (nSPS) is 15.0. The van der Waals surface area contributed by atoms with E-state index in [1.165, 1.54) is 0 Å². The van der Waals surface area contributed by atoms with Crippen LogP contribution >= 0.6 is 11.8 Å². The SMILES string of the molecule is CSCCC(C)n1nnnc1C(C)NCC(C)C. The van der Waals surface area contributed by atoms with Gasteiger partial charge >= 0.3 is 0 Å². The Morgan fingerprint density at radius 1 is 1.28 bits per heavy atom. The van der Waals surface area contributed by atoms with Crippen LogP contribution in [-0.2, 0) is 0 Å². The van der Waals surface area contributed by atoms with Gasteiger partial charge in [-0.25, -0.2) is 4.68 Å². The lowest BCUT2D eigenvalue weighted by Crippen LogP contribution is -2.27. The van der Waals surface area contributed by atoms with Gasteiger partial charge in [0.25, 0.3) is 0 Å². The molecule has 0 aliphatic carbocycles. The minimum Gasteiger partial charge on any atom is -0.307 e. The van der Waals surface area contributed by atoms with Crippen molar-refractivity contribution in [3.63, 3.8) is 0 Å². The van der Waals surface area contributed by atoms with Crippen LogP contribution in [0.1, 0.15) is 52.0 Å². The third kappa shape index (κ3) is 4.57. The van der Waals surface area contributed by atoms with Crippen molar-refractivity contribution < 1.29 is 0 Å². The Kier molecular flexibility index (Phi) is 6.63. The van der Waals surface area contributed by atoms with Crippen LogP contribution < -0.4 is 5.32 Å². The molecule has 104 valence electrons. The highest BCUT2D eigenvalue weighted by molar-refractivity contribution is 7.98. The summed E-state index contributed by atoms with van der Waals surface area (Å²) in [7, 11) is 0. The van der Waals surface area contributed by atoms with Crippen LogP contribution in [-0.4, -0.2) is 38.8 Å². The number of thioether (sulfide) groups is 1. The van der Waals surface area contributed by atoms with Crippen molar-refractivity contribution in [2.45, 2.75) is 46.2 Å². The molecular weight excluding hydrogens is 246 g/mol. The Morgan fingerprint density at radius 3 is 2.61 bits per heavy atom. The molecule has 0 saturated carbocycles. The van der Waals surface area contributed by atoms with E-state index in [1.54, 1.807) is 0 Å². The number of tetrazole rings is 1. The summed E-state index contributed by atoms with van der Waals surface area (Å²) < 4.78 is 1.95. The molecule has 0 aliphatic rings. The summed E-state index contributed by atoms with van der Waals surface area (Å²) in [6.07, 6.45) is 3.22. The molecule has 0 aliphatic heterocycles. The van der Waals surface area contributed by atoms with Gasteiger partial charge in [-0.05, 0) is 55.2 Å². The fourth-order valence-electron chi connectivity index (χ4n) is 1.71. The lowest BCUT2D eigenvalue weighted by atomic mass is 10.2. The lowest BCUT2D eigenvalue weighted by molar-refractivity contribution is 0.409. The van der Waals surface area contributed by atoms with Crippen molar-refractivity contribution in [2.24, 2.45) is 5.92 Å². The van der Waals surface area contributed by atoms with Gasteiger partial charge in [0.15, 0.2) is 5.82 Å². The maximum atomic E-state index is 4.16. The average Bonchev–Trinajstić information content (AvgIpc) is 2.82. The van der Waals surface area contributed by atoms with Gasteiger partial charge in [0.05, 0.1) is 12.1 Å². The monoisotopic (exact) mass is 271 g/mol. The van der Waals surface area contributed by atoms with Gasteiger partial charge in [-0.3, -0.25) is 0 Å². The number of rotatable bonds is 8. The second-order valence-electron chi connectivity index (χ2n) is 5.14. The maximum Gasteiger partial charge on any atom is 0.168 e. The van der Waals surface area contributed by atoms with E-state index in [9.17, 15) is 0 Å². The molecule has 1 heterocycles. The summed E-state index contributed by atoms with van der Waals surface area (Å²) in [4.78, 5) is 0. The smallest absolute Gasteiger partial charge is 0.168 e. The second-order valence-corrected chi connectivity index (χ2v) is 6.12. The van der Waals surface area contributed by atoms with E-state index >= 15 is 0 Å². The van der Waals surface area contributed by atoms with E-state index in [1.807, 2.05) is 16.4 Å². The molecule has 2 unspecified atom stereocenters. The Bertz CT molecular complexity index is 339. The summed E-state index contributed by atoms with van der Waals surface area (Å²) >= 11 is 1.86. The first-order valence-electron chi connectivity index (χ1n) is 6.56. The molecule has 18 heavy (non-hydrogen) atoms. The molecule has 0 saturated heterocycles. The predicted molar refractivity (Wildman–Crippen MR) is 76.8 cm³/mol. The van der Waals surface area contributed by atoms with Gasteiger partial charge < -0.3 is 5.32 Å². The Morgan fingerprint density at radius 2 is 2.00 bits per heavy atom. The largest absolute Gasteiger partial charge is 0.307 e. The van der Waals surface area contributed by atoms with E-state index in [0.29, 0.717) is 12.0 Å². The van der Waals surface area contributed by atoms with Crippen LogP contribution in [0, 0.1) is 5.92 Å². The molecule has 0 spiro atoms. The molecular formula is C12H25N5S. The molecule has 1 aromatic rings. The zero-order valence-corrected chi connectivity index (χ0v) is 12.9.